The summed E-state index contributed by atoms with van der Waals surface area (Å²) >= 11 is -2.02. The van der Waals surface area contributed by atoms with E-state index >= 15 is 0 Å². The number of hydrogen-bond donors (Lipinski definition) is 1. The fourth-order valence-electron chi connectivity index (χ4n) is 1.14. The zero-order chi connectivity index (χ0) is 7.84. The average molecular weight is 262 g/mol. The molecule has 2 rings (SSSR count). The fourth-order valence-corrected chi connectivity index (χ4v) is 4.39. The second-order valence-electron chi connectivity index (χ2n) is 2.37. The van der Waals surface area contributed by atoms with Gasteiger partial charge in [0.15, 0.2) is 0 Å². The minimum atomic E-state index is -2.02. The van der Waals surface area contributed by atoms with Gasteiger partial charge in [-0.25, -0.2) is 0 Å². The van der Waals surface area contributed by atoms with Crippen molar-refractivity contribution >= 4 is 26.0 Å². The third kappa shape index (κ3) is 1.08. The van der Waals surface area contributed by atoms with E-state index in [-0.39, 0.29) is 5.78 Å². The zero-order valence-corrected chi connectivity index (χ0v) is 7.91. The Labute approximate surface area is 72.2 Å². The summed E-state index contributed by atoms with van der Waals surface area (Å²) in [5.41, 5.74) is 0.750. The van der Waals surface area contributed by atoms with Crippen molar-refractivity contribution in [1.29, 1.82) is 0 Å². The van der Waals surface area contributed by atoms with Crippen LogP contribution in [0.15, 0.2) is 24.3 Å². The van der Waals surface area contributed by atoms with E-state index in [0.717, 1.165) is 9.13 Å². The second kappa shape index (κ2) is 2.57. The van der Waals surface area contributed by atoms with Crippen LogP contribution in [0.5, 0.6) is 0 Å². The van der Waals surface area contributed by atoms with Crippen LogP contribution in [0.4, 0.5) is 0 Å². The molecular formula is C8H7IO2. The quantitative estimate of drug-likeness (QED) is 0.567. The van der Waals surface area contributed by atoms with Crippen molar-refractivity contribution in [3.63, 3.8) is 0 Å². The van der Waals surface area contributed by atoms with E-state index in [0.29, 0.717) is 4.43 Å². The van der Waals surface area contributed by atoms with Crippen LogP contribution < -0.4 is 0 Å². The van der Waals surface area contributed by atoms with Crippen LogP contribution in [0.2, 0.25) is 0 Å². The first kappa shape index (κ1) is 7.24. The molecule has 0 amide bonds. The zero-order valence-electron chi connectivity index (χ0n) is 5.75. The normalized spacial score (nSPS) is 18.6. The number of ketones is 1. The van der Waals surface area contributed by atoms with Crippen molar-refractivity contribution in [3.8, 4) is 0 Å². The van der Waals surface area contributed by atoms with E-state index in [9.17, 15) is 8.23 Å². The van der Waals surface area contributed by atoms with Gasteiger partial charge in [-0.05, 0) is 0 Å². The first-order valence-electron chi connectivity index (χ1n) is 3.26. The molecule has 1 aromatic carbocycles. The summed E-state index contributed by atoms with van der Waals surface area (Å²) in [5, 5.41) is 0. The maximum atomic E-state index is 11.2. The van der Waals surface area contributed by atoms with Crippen LogP contribution in [-0.2, 0) is 0 Å². The first-order chi connectivity index (χ1) is 5.29. The Morgan fingerprint density at radius 1 is 1.36 bits per heavy atom. The molecule has 0 aromatic heterocycles. The molecule has 1 aliphatic rings. The average Bonchev–Trinajstić information content (AvgIpc) is 2.30. The van der Waals surface area contributed by atoms with Gasteiger partial charge in [-0.3, -0.25) is 0 Å². The summed E-state index contributed by atoms with van der Waals surface area (Å²) in [5.74, 6) is 0.119. The summed E-state index contributed by atoms with van der Waals surface area (Å²) in [6.45, 7) is 0. The van der Waals surface area contributed by atoms with Crippen molar-refractivity contribution in [2.24, 2.45) is 0 Å². The molecule has 2 nitrogen and oxygen atoms in total. The molecule has 0 spiro atoms. The Morgan fingerprint density at radius 3 is 2.82 bits per heavy atom. The topological polar surface area (TPSA) is 37.3 Å². The molecule has 0 saturated heterocycles. The van der Waals surface area contributed by atoms with Gasteiger partial charge in [-0.1, -0.05) is 0 Å². The van der Waals surface area contributed by atoms with Crippen LogP contribution in [0.3, 0.4) is 0 Å². The van der Waals surface area contributed by atoms with Crippen molar-refractivity contribution in [3.05, 3.63) is 33.4 Å². The van der Waals surface area contributed by atoms with Gasteiger partial charge in [0, 0.05) is 0 Å². The van der Waals surface area contributed by atoms with Crippen LogP contribution in [0.1, 0.15) is 10.4 Å². The number of fused-ring (bicyclic) bond motifs is 1. The Bertz CT molecular complexity index is 309. The Balaban J connectivity index is 2.60. The van der Waals surface area contributed by atoms with Crippen molar-refractivity contribution in [2.45, 2.75) is 0 Å². The van der Waals surface area contributed by atoms with Crippen LogP contribution in [-0.4, -0.2) is 13.6 Å². The number of rotatable bonds is 0. The molecule has 1 N–H and O–H groups in total. The third-order valence-electron chi connectivity index (χ3n) is 1.66. The van der Waals surface area contributed by atoms with Gasteiger partial charge < -0.3 is 0 Å². The van der Waals surface area contributed by atoms with Gasteiger partial charge in [-0.2, -0.15) is 0 Å². The molecule has 3 heteroatoms. The fraction of sp³-hybridized carbons (Fsp3) is 0.125. The van der Waals surface area contributed by atoms with Gasteiger partial charge in [0.2, 0.25) is 0 Å². The van der Waals surface area contributed by atoms with Crippen molar-refractivity contribution in [1.82, 2.24) is 0 Å². The molecule has 1 aliphatic heterocycles. The molecule has 1 heterocycles. The predicted molar refractivity (Wildman–Crippen MR) is 50.6 cm³/mol. The van der Waals surface area contributed by atoms with Crippen LogP contribution in [0, 0.1) is 3.57 Å². The molecule has 0 radical (unpaired) electrons. The molecule has 1 aromatic rings. The summed E-state index contributed by atoms with van der Waals surface area (Å²) < 4.78 is 10.8. The van der Waals surface area contributed by atoms with Gasteiger partial charge in [0.25, 0.3) is 0 Å². The van der Waals surface area contributed by atoms with Crippen LogP contribution >= 0.6 is 20.2 Å². The summed E-state index contributed by atoms with van der Waals surface area (Å²) in [6, 6.07) is 7.38. The van der Waals surface area contributed by atoms with Crippen molar-refractivity contribution < 1.29 is 8.23 Å². The summed E-state index contributed by atoms with van der Waals surface area (Å²) in [7, 11) is 0. The first-order valence-corrected chi connectivity index (χ1v) is 6.83. The molecular weight excluding hydrogens is 255 g/mol. The van der Waals surface area contributed by atoms with Gasteiger partial charge in [0.05, 0.1) is 0 Å². The predicted octanol–water partition coefficient (Wildman–Crippen LogP) is 1.47. The van der Waals surface area contributed by atoms with E-state index in [4.69, 9.17) is 0 Å². The number of carbonyl (C=O) groups excluding carboxylic acids is 1. The monoisotopic (exact) mass is 262 g/mol. The number of alkyl halides is 1. The van der Waals surface area contributed by atoms with Gasteiger partial charge in [-0.15, -0.1) is 0 Å². The molecule has 0 bridgehead atoms. The van der Waals surface area contributed by atoms with E-state index in [1.165, 1.54) is 0 Å². The molecule has 0 unspecified atom stereocenters. The second-order valence-corrected chi connectivity index (χ2v) is 6.23. The Kier molecular flexibility index (Phi) is 1.69. The molecule has 0 saturated carbocycles. The van der Waals surface area contributed by atoms with E-state index in [1.54, 1.807) is 6.07 Å². The Morgan fingerprint density at radius 2 is 2.09 bits per heavy atom. The number of hydrogen-bond acceptors (Lipinski definition) is 2. The molecule has 11 heavy (non-hydrogen) atoms. The van der Waals surface area contributed by atoms with E-state index in [2.05, 4.69) is 0 Å². The maximum absolute atomic E-state index is 11.2. The number of Topliss-reactive ketones (excluding diaryl/α,β-unsaturated/α-hetero) is 1. The van der Waals surface area contributed by atoms with Gasteiger partial charge >= 0.3 is 72.1 Å². The molecule has 0 atom stereocenters. The van der Waals surface area contributed by atoms with E-state index in [1.807, 2.05) is 18.2 Å². The van der Waals surface area contributed by atoms with E-state index < -0.39 is 20.2 Å². The minimum absolute atomic E-state index is 0.119. The number of carbonyl (C=O) groups is 1. The number of benzene rings is 1. The third-order valence-corrected chi connectivity index (χ3v) is 5.35. The molecule has 0 aliphatic carbocycles. The van der Waals surface area contributed by atoms with Gasteiger partial charge in [0.1, 0.15) is 0 Å². The SMILES string of the molecule is O=C1CI(O)c2ccccc21. The van der Waals surface area contributed by atoms with Crippen molar-refractivity contribution in [2.75, 3.05) is 4.43 Å². The Hall–Kier alpha value is -0.420. The summed E-state index contributed by atoms with van der Waals surface area (Å²) in [6.07, 6.45) is 0. The number of halogens is 1. The molecule has 0 fully saturated rings. The molecule has 58 valence electrons. The standard InChI is InChI=1S/C8H7IO2/c10-8-5-9(11)7-4-2-1-3-6(7)8/h1-4,11H,5H2. The summed E-state index contributed by atoms with van der Waals surface area (Å²) in [4.78, 5) is 11.2. The van der Waals surface area contributed by atoms with Crippen LogP contribution in [0.25, 0.3) is 0 Å².